The van der Waals surface area contributed by atoms with E-state index in [-0.39, 0.29) is 11.7 Å². The molecule has 0 bridgehead atoms. The zero-order valence-corrected chi connectivity index (χ0v) is 13.3. The Morgan fingerprint density at radius 2 is 2.33 bits per heavy atom. The summed E-state index contributed by atoms with van der Waals surface area (Å²) in [6.07, 6.45) is 3.23. The lowest BCUT2D eigenvalue weighted by atomic mass is 9.91. The van der Waals surface area contributed by atoms with Crippen LogP contribution in [0, 0.1) is 0 Å². The Bertz CT molecular complexity index is 488. The summed E-state index contributed by atoms with van der Waals surface area (Å²) in [6, 6.07) is 5.90. The van der Waals surface area contributed by atoms with Gasteiger partial charge < -0.3 is 19.9 Å². The van der Waals surface area contributed by atoms with Crippen molar-refractivity contribution in [2.24, 2.45) is 5.73 Å². The first-order chi connectivity index (χ1) is 10.2. The van der Waals surface area contributed by atoms with Crippen LogP contribution < -0.4 is 15.2 Å². The summed E-state index contributed by atoms with van der Waals surface area (Å²) in [7, 11) is 1.67. The van der Waals surface area contributed by atoms with E-state index < -0.39 is 0 Å². The predicted molar refractivity (Wildman–Crippen MR) is 85.2 cm³/mol. The summed E-state index contributed by atoms with van der Waals surface area (Å²) in [6.45, 7) is 1.29. The average Bonchev–Trinajstić information content (AvgIpc) is 2.95. The minimum absolute atomic E-state index is 0.0340. The van der Waals surface area contributed by atoms with Crippen molar-refractivity contribution in [1.82, 2.24) is 0 Å². The molecule has 2 N–H and O–H groups in total. The fourth-order valence-electron chi connectivity index (χ4n) is 3.07. The molecule has 0 aliphatic carbocycles. The average molecular weight is 309 g/mol. The van der Waals surface area contributed by atoms with Gasteiger partial charge in [-0.05, 0) is 29.9 Å². The minimum Gasteiger partial charge on any atom is -0.493 e. The van der Waals surface area contributed by atoms with Gasteiger partial charge in [0.1, 0.15) is 6.10 Å². The zero-order valence-electron chi connectivity index (χ0n) is 12.5. The van der Waals surface area contributed by atoms with Crippen molar-refractivity contribution in [3.63, 3.8) is 0 Å². The second kappa shape index (κ2) is 6.46. The first kappa shape index (κ1) is 15.0. The van der Waals surface area contributed by atoms with Gasteiger partial charge in [-0.25, -0.2) is 0 Å². The number of thioether (sulfide) groups is 1. The highest BCUT2D eigenvalue weighted by atomic mass is 32.2. The van der Waals surface area contributed by atoms with Gasteiger partial charge >= 0.3 is 0 Å². The van der Waals surface area contributed by atoms with Crippen LogP contribution in [0.2, 0.25) is 0 Å². The second-order valence-electron chi connectivity index (χ2n) is 5.76. The molecule has 4 nitrogen and oxygen atoms in total. The highest BCUT2D eigenvalue weighted by Gasteiger charge is 2.41. The molecule has 2 saturated heterocycles. The lowest BCUT2D eigenvalue weighted by Gasteiger charge is -2.37. The van der Waals surface area contributed by atoms with E-state index in [1.54, 1.807) is 7.11 Å². The Morgan fingerprint density at radius 1 is 1.43 bits per heavy atom. The molecule has 0 aromatic heterocycles. The van der Waals surface area contributed by atoms with Crippen LogP contribution in [0.25, 0.3) is 0 Å². The normalized spacial score (nSPS) is 28.8. The molecule has 2 aliphatic rings. The summed E-state index contributed by atoms with van der Waals surface area (Å²) in [5.41, 5.74) is 6.81. The molecule has 21 heavy (non-hydrogen) atoms. The largest absolute Gasteiger partial charge is 0.493 e. The van der Waals surface area contributed by atoms with E-state index in [1.165, 1.54) is 5.75 Å². The second-order valence-corrected chi connectivity index (χ2v) is 6.86. The Hall–Kier alpha value is -0.910. The fourth-order valence-corrected chi connectivity index (χ4v) is 4.44. The SMILES string of the molecule is COc1ccc(CN)cc1OC1CCOC2(CCSC2)C1. The van der Waals surface area contributed by atoms with Crippen molar-refractivity contribution < 1.29 is 14.2 Å². The topological polar surface area (TPSA) is 53.7 Å². The monoisotopic (exact) mass is 309 g/mol. The van der Waals surface area contributed by atoms with E-state index in [0.717, 1.165) is 48.7 Å². The van der Waals surface area contributed by atoms with E-state index in [9.17, 15) is 0 Å². The van der Waals surface area contributed by atoms with E-state index in [2.05, 4.69) is 0 Å². The molecule has 0 amide bonds. The number of rotatable bonds is 4. The lowest BCUT2D eigenvalue weighted by Crippen LogP contribution is -2.43. The van der Waals surface area contributed by atoms with Gasteiger partial charge in [0.25, 0.3) is 0 Å². The van der Waals surface area contributed by atoms with Crippen molar-refractivity contribution in [2.45, 2.75) is 37.5 Å². The molecule has 3 rings (SSSR count). The molecule has 2 unspecified atom stereocenters. The molecule has 1 spiro atoms. The molecular formula is C16H23NO3S. The Labute approximate surface area is 130 Å². The number of methoxy groups -OCH3 is 1. The van der Waals surface area contributed by atoms with Crippen molar-refractivity contribution in [3.8, 4) is 11.5 Å². The standard InChI is InChI=1S/C16H23NO3S/c1-18-14-3-2-12(10-17)8-15(14)20-13-4-6-19-16(9-13)5-7-21-11-16/h2-3,8,13H,4-7,9-11,17H2,1H3. The van der Waals surface area contributed by atoms with Gasteiger partial charge in [0, 0.05) is 25.1 Å². The summed E-state index contributed by atoms with van der Waals surface area (Å²) in [4.78, 5) is 0. The van der Waals surface area contributed by atoms with Gasteiger partial charge in [-0.2, -0.15) is 11.8 Å². The quantitative estimate of drug-likeness (QED) is 0.926. The van der Waals surface area contributed by atoms with Crippen LogP contribution in [0.3, 0.4) is 0 Å². The number of nitrogens with two attached hydrogens (primary N) is 1. The highest BCUT2D eigenvalue weighted by molar-refractivity contribution is 7.99. The highest BCUT2D eigenvalue weighted by Crippen LogP contribution is 2.40. The Kier molecular flexibility index (Phi) is 4.62. The first-order valence-corrected chi connectivity index (χ1v) is 8.65. The number of hydrogen-bond acceptors (Lipinski definition) is 5. The third-order valence-corrected chi connectivity index (χ3v) is 5.50. The van der Waals surface area contributed by atoms with Gasteiger partial charge in [-0.15, -0.1) is 0 Å². The number of ether oxygens (including phenoxy) is 3. The summed E-state index contributed by atoms with van der Waals surface area (Å²) >= 11 is 1.98. The molecule has 1 aromatic carbocycles. The van der Waals surface area contributed by atoms with Crippen LogP contribution in [0.5, 0.6) is 11.5 Å². The smallest absolute Gasteiger partial charge is 0.161 e. The van der Waals surface area contributed by atoms with E-state index >= 15 is 0 Å². The van der Waals surface area contributed by atoms with Crippen LogP contribution in [-0.2, 0) is 11.3 Å². The Morgan fingerprint density at radius 3 is 3.05 bits per heavy atom. The third kappa shape index (κ3) is 3.30. The maximum Gasteiger partial charge on any atom is 0.161 e. The summed E-state index contributed by atoms with van der Waals surface area (Å²) < 4.78 is 17.7. The van der Waals surface area contributed by atoms with Gasteiger partial charge in [-0.1, -0.05) is 6.07 Å². The molecule has 2 heterocycles. The Balaban J connectivity index is 1.73. The van der Waals surface area contributed by atoms with Crippen molar-refractivity contribution >= 4 is 11.8 Å². The van der Waals surface area contributed by atoms with Crippen LogP contribution >= 0.6 is 11.8 Å². The van der Waals surface area contributed by atoms with Crippen molar-refractivity contribution in [3.05, 3.63) is 23.8 Å². The molecule has 0 saturated carbocycles. The van der Waals surface area contributed by atoms with E-state index in [0.29, 0.717) is 6.54 Å². The molecule has 2 fully saturated rings. The van der Waals surface area contributed by atoms with Crippen molar-refractivity contribution in [1.29, 1.82) is 0 Å². The van der Waals surface area contributed by atoms with Crippen LogP contribution in [0.4, 0.5) is 0 Å². The molecule has 5 heteroatoms. The first-order valence-electron chi connectivity index (χ1n) is 7.50. The number of hydrogen-bond donors (Lipinski definition) is 1. The molecule has 2 aliphatic heterocycles. The maximum atomic E-state index is 6.24. The fraction of sp³-hybridized carbons (Fsp3) is 0.625. The third-order valence-electron chi connectivity index (χ3n) is 4.27. The van der Waals surface area contributed by atoms with Gasteiger partial charge in [-0.3, -0.25) is 0 Å². The lowest BCUT2D eigenvalue weighted by molar-refractivity contribution is -0.0961. The van der Waals surface area contributed by atoms with Crippen molar-refractivity contribution in [2.75, 3.05) is 25.2 Å². The summed E-state index contributed by atoms with van der Waals surface area (Å²) in [5.74, 6) is 3.85. The minimum atomic E-state index is 0.0340. The molecule has 2 atom stereocenters. The van der Waals surface area contributed by atoms with Gasteiger partial charge in [0.15, 0.2) is 11.5 Å². The van der Waals surface area contributed by atoms with Crippen LogP contribution in [0.15, 0.2) is 18.2 Å². The van der Waals surface area contributed by atoms with Crippen LogP contribution in [0.1, 0.15) is 24.8 Å². The zero-order chi connectivity index (χ0) is 14.7. The predicted octanol–water partition coefficient (Wildman–Crippen LogP) is 2.59. The molecule has 0 radical (unpaired) electrons. The number of benzene rings is 1. The molecular weight excluding hydrogens is 286 g/mol. The van der Waals surface area contributed by atoms with Crippen LogP contribution in [-0.4, -0.2) is 36.9 Å². The van der Waals surface area contributed by atoms with E-state index in [1.807, 2.05) is 30.0 Å². The van der Waals surface area contributed by atoms with E-state index in [4.69, 9.17) is 19.9 Å². The van der Waals surface area contributed by atoms with Gasteiger partial charge in [0.05, 0.1) is 19.3 Å². The molecule has 116 valence electrons. The van der Waals surface area contributed by atoms with Gasteiger partial charge in [0.2, 0.25) is 0 Å². The maximum absolute atomic E-state index is 6.24. The molecule has 1 aromatic rings. The summed E-state index contributed by atoms with van der Waals surface area (Å²) in [5, 5.41) is 0.